The second kappa shape index (κ2) is 7.11. The fourth-order valence-corrected chi connectivity index (χ4v) is 3.01. The zero-order valence-corrected chi connectivity index (χ0v) is 16.4. The molecule has 0 bridgehead atoms. The number of hydrogen-bond donors (Lipinski definition) is 0. The summed E-state index contributed by atoms with van der Waals surface area (Å²) < 4.78 is 6.39. The predicted molar refractivity (Wildman–Crippen MR) is 97.0 cm³/mol. The van der Waals surface area contributed by atoms with Crippen molar-refractivity contribution in [3.63, 3.8) is 0 Å². The summed E-state index contributed by atoms with van der Waals surface area (Å²) >= 11 is 2.29. The number of ketones is 1. The molecular formula is C18H25IO3. The van der Waals surface area contributed by atoms with E-state index in [4.69, 9.17) is 4.74 Å². The van der Waals surface area contributed by atoms with Crippen LogP contribution in [0.4, 0.5) is 0 Å². The quantitative estimate of drug-likeness (QED) is 0.405. The third-order valence-electron chi connectivity index (χ3n) is 3.58. The number of aryl methyl sites for hydroxylation is 1. The predicted octanol–water partition coefficient (Wildman–Crippen LogP) is 4.43. The lowest BCUT2D eigenvalue weighted by atomic mass is 9.79. The van der Waals surface area contributed by atoms with E-state index in [9.17, 15) is 9.59 Å². The molecule has 0 amide bonds. The second-order valence-electron chi connectivity index (χ2n) is 6.97. The van der Waals surface area contributed by atoms with Gasteiger partial charge in [-0.1, -0.05) is 19.1 Å². The number of rotatable bonds is 5. The van der Waals surface area contributed by atoms with Crippen LogP contribution in [-0.2, 0) is 26.2 Å². The highest BCUT2D eigenvalue weighted by Crippen LogP contribution is 2.29. The van der Waals surface area contributed by atoms with Crippen LogP contribution in [0.3, 0.4) is 0 Å². The van der Waals surface area contributed by atoms with Crippen LogP contribution < -0.4 is 0 Å². The maximum absolute atomic E-state index is 12.5. The van der Waals surface area contributed by atoms with Gasteiger partial charge in [0.25, 0.3) is 0 Å². The van der Waals surface area contributed by atoms with E-state index >= 15 is 0 Å². The lowest BCUT2D eigenvalue weighted by Gasteiger charge is -2.25. The van der Waals surface area contributed by atoms with E-state index in [0.29, 0.717) is 0 Å². The molecule has 1 aromatic carbocycles. The first-order valence-corrected chi connectivity index (χ1v) is 8.59. The van der Waals surface area contributed by atoms with Crippen molar-refractivity contribution < 1.29 is 14.3 Å². The molecule has 0 aliphatic carbocycles. The van der Waals surface area contributed by atoms with Crippen LogP contribution in [0.25, 0.3) is 0 Å². The molecule has 3 nitrogen and oxygen atoms in total. The Morgan fingerprint density at radius 3 is 2.18 bits per heavy atom. The zero-order chi connectivity index (χ0) is 17.1. The number of benzene rings is 1. The van der Waals surface area contributed by atoms with Crippen LogP contribution in [-0.4, -0.2) is 17.4 Å². The molecule has 22 heavy (non-hydrogen) atoms. The van der Waals surface area contributed by atoms with Crippen LogP contribution >= 0.6 is 22.6 Å². The van der Waals surface area contributed by atoms with Crippen molar-refractivity contribution in [1.82, 2.24) is 0 Å². The lowest BCUT2D eigenvalue weighted by Crippen LogP contribution is -2.33. The van der Waals surface area contributed by atoms with Gasteiger partial charge in [-0.3, -0.25) is 9.59 Å². The molecule has 0 atom stereocenters. The minimum Gasteiger partial charge on any atom is -0.460 e. The van der Waals surface area contributed by atoms with Gasteiger partial charge >= 0.3 is 5.97 Å². The number of halogens is 1. The summed E-state index contributed by atoms with van der Waals surface area (Å²) in [6.07, 6.45) is 0.765. The van der Waals surface area contributed by atoms with E-state index in [1.807, 2.05) is 26.0 Å². The highest BCUT2D eigenvalue weighted by molar-refractivity contribution is 14.1. The van der Waals surface area contributed by atoms with Crippen molar-refractivity contribution in [2.75, 3.05) is 0 Å². The number of ether oxygens (including phenoxy) is 1. The SMILES string of the molecule is CCc1ccc(C(C)(C)C(=O)CC(=O)OC(C)(C)C)cc1I. The van der Waals surface area contributed by atoms with Gasteiger partial charge in [-0.15, -0.1) is 0 Å². The van der Waals surface area contributed by atoms with Crippen molar-refractivity contribution in [2.45, 2.75) is 65.4 Å². The number of carbonyl (C=O) groups is 2. The van der Waals surface area contributed by atoms with Crippen LogP contribution in [0.1, 0.15) is 59.1 Å². The van der Waals surface area contributed by atoms with E-state index in [2.05, 4.69) is 35.6 Å². The molecule has 1 aromatic rings. The van der Waals surface area contributed by atoms with Crippen LogP contribution in [0.2, 0.25) is 0 Å². The van der Waals surface area contributed by atoms with Gasteiger partial charge in [-0.25, -0.2) is 0 Å². The number of Topliss-reactive ketones (excluding diaryl/α,β-unsaturated/α-hetero) is 1. The van der Waals surface area contributed by atoms with E-state index in [1.54, 1.807) is 20.8 Å². The maximum Gasteiger partial charge on any atom is 0.313 e. The molecule has 1 rings (SSSR count). The average Bonchev–Trinajstić information content (AvgIpc) is 2.35. The Labute approximate surface area is 147 Å². The molecule has 0 aromatic heterocycles. The summed E-state index contributed by atoms with van der Waals surface area (Å²) in [5, 5.41) is 0. The fourth-order valence-electron chi connectivity index (χ4n) is 2.11. The van der Waals surface area contributed by atoms with Crippen LogP contribution in [0.15, 0.2) is 18.2 Å². The topological polar surface area (TPSA) is 43.4 Å². The van der Waals surface area contributed by atoms with Crippen molar-refractivity contribution in [1.29, 1.82) is 0 Å². The minimum absolute atomic E-state index is 0.123. The standard InChI is InChI=1S/C18H25IO3/c1-7-12-8-9-13(10-14(12)19)18(5,6)15(20)11-16(21)22-17(2,3)4/h8-10H,7,11H2,1-6H3. The Hall–Kier alpha value is -0.910. The minimum atomic E-state index is -0.705. The Morgan fingerprint density at radius 1 is 1.14 bits per heavy atom. The third kappa shape index (κ3) is 5.07. The smallest absolute Gasteiger partial charge is 0.313 e. The molecule has 4 heteroatoms. The Balaban J connectivity index is 2.91. The summed E-state index contributed by atoms with van der Waals surface area (Å²) in [7, 11) is 0. The maximum atomic E-state index is 12.5. The van der Waals surface area contributed by atoms with E-state index in [1.165, 1.54) is 5.56 Å². The molecule has 0 aliphatic heterocycles. The number of hydrogen-bond acceptors (Lipinski definition) is 3. The highest BCUT2D eigenvalue weighted by atomic mass is 127. The molecule has 0 saturated carbocycles. The van der Waals surface area contributed by atoms with Crippen molar-refractivity contribution in [2.24, 2.45) is 0 Å². The first-order chi connectivity index (χ1) is 9.97. The monoisotopic (exact) mass is 416 g/mol. The zero-order valence-electron chi connectivity index (χ0n) is 14.2. The average molecular weight is 416 g/mol. The van der Waals surface area contributed by atoms with Gasteiger partial charge in [0.05, 0.1) is 0 Å². The van der Waals surface area contributed by atoms with Gasteiger partial charge in [0, 0.05) is 8.99 Å². The van der Waals surface area contributed by atoms with Crippen molar-refractivity contribution >= 4 is 34.3 Å². The summed E-state index contributed by atoms with van der Waals surface area (Å²) in [5.41, 5.74) is 0.922. The van der Waals surface area contributed by atoms with E-state index < -0.39 is 17.0 Å². The summed E-state index contributed by atoms with van der Waals surface area (Å²) in [4.78, 5) is 24.4. The Morgan fingerprint density at radius 2 is 1.73 bits per heavy atom. The first-order valence-electron chi connectivity index (χ1n) is 7.51. The normalized spacial score (nSPS) is 12.1. The first kappa shape index (κ1) is 19.1. The van der Waals surface area contributed by atoms with Gasteiger partial charge in [-0.05, 0) is 80.8 Å². The molecule has 0 unspecified atom stereocenters. The Bertz CT molecular complexity index is 568. The number of esters is 1. The number of carbonyl (C=O) groups excluding carboxylic acids is 2. The molecular weight excluding hydrogens is 391 g/mol. The molecule has 0 heterocycles. The van der Waals surface area contributed by atoms with Gasteiger partial charge in [0.2, 0.25) is 0 Å². The summed E-state index contributed by atoms with van der Waals surface area (Å²) in [6, 6.07) is 6.07. The highest BCUT2D eigenvalue weighted by Gasteiger charge is 2.32. The molecule has 0 fully saturated rings. The molecule has 0 saturated heterocycles. The van der Waals surface area contributed by atoms with Gasteiger partial charge < -0.3 is 4.74 Å². The van der Waals surface area contributed by atoms with E-state index in [0.717, 1.165) is 15.6 Å². The Kier molecular flexibility index (Phi) is 6.18. The summed E-state index contributed by atoms with van der Waals surface area (Å²) in [6.45, 7) is 11.2. The molecule has 0 radical (unpaired) electrons. The van der Waals surface area contributed by atoms with Crippen LogP contribution in [0, 0.1) is 3.57 Å². The molecule has 122 valence electrons. The lowest BCUT2D eigenvalue weighted by molar-refractivity contribution is -0.156. The third-order valence-corrected chi connectivity index (χ3v) is 4.58. The van der Waals surface area contributed by atoms with Crippen molar-refractivity contribution in [3.05, 3.63) is 32.9 Å². The molecule has 0 spiro atoms. The van der Waals surface area contributed by atoms with Crippen molar-refractivity contribution in [3.8, 4) is 0 Å². The van der Waals surface area contributed by atoms with Crippen LogP contribution in [0.5, 0.6) is 0 Å². The van der Waals surface area contributed by atoms with Gasteiger partial charge in [-0.2, -0.15) is 0 Å². The second-order valence-corrected chi connectivity index (χ2v) is 8.13. The fraction of sp³-hybridized carbons (Fsp3) is 0.556. The molecule has 0 N–H and O–H groups in total. The largest absolute Gasteiger partial charge is 0.460 e. The summed E-state index contributed by atoms with van der Waals surface area (Å²) in [5.74, 6) is -0.591. The molecule has 0 aliphatic rings. The van der Waals surface area contributed by atoms with E-state index in [-0.39, 0.29) is 12.2 Å². The van der Waals surface area contributed by atoms with Gasteiger partial charge in [0.1, 0.15) is 12.0 Å². The van der Waals surface area contributed by atoms with Gasteiger partial charge in [0.15, 0.2) is 5.78 Å².